The molecule has 1 amide bonds. The van der Waals surface area contributed by atoms with Gasteiger partial charge in [0.1, 0.15) is 0 Å². The molecule has 9 heteroatoms. The number of aromatic nitrogens is 1. The summed E-state index contributed by atoms with van der Waals surface area (Å²) in [5.41, 5.74) is 1.51. The molecular formula is C25H31N5O3S. The Bertz CT molecular complexity index is 1120. The number of benzene rings is 1. The number of nitrogens with one attached hydrogen (secondary N) is 1. The van der Waals surface area contributed by atoms with Gasteiger partial charge in [0.2, 0.25) is 15.9 Å². The normalized spacial score (nSPS) is 23.2. The Kier molecular flexibility index (Phi) is 7.93. The molecule has 8 nitrogen and oxygen atoms in total. The van der Waals surface area contributed by atoms with Gasteiger partial charge >= 0.3 is 0 Å². The van der Waals surface area contributed by atoms with Crippen molar-refractivity contribution in [1.29, 1.82) is 5.26 Å². The van der Waals surface area contributed by atoms with E-state index in [9.17, 15) is 13.2 Å². The summed E-state index contributed by atoms with van der Waals surface area (Å²) >= 11 is 0. The highest BCUT2D eigenvalue weighted by molar-refractivity contribution is 7.89. The molecule has 2 fully saturated rings. The van der Waals surface area contributed by atoms with Crippen molar-refractivity contribution < 1.29 is 13.2 Å². The highest BCUT2D eigenvalue weighted by Crippen LogP contribution is 2.29. The lowest BCUT2D eigenvalue weighted by molar-refractivity contribution is -0.129. The fraction of sp³-hybridized carbons (Fsp3) is 0.480. The van der Waals surface area contributed by atoms with E-state index in [-0.39, 0.29) is 29.3 Å². The van der Waals surface area contributed by atoms with E-state index < -0.39 is 10.0 Å². The van der Waals surface area contributed by atoms with E-state index in [1.807, 2.05) is 18.2 Å². The lowest BCUT2D eigenvalue weighted by Gasteiger charge is -2.43. The van der Waals surface area contributed by atoms with E-state index in [0.717, 1.165) is 37.8 Å². The first kappa shape index (κ1) is 24.3. The van der Waals surface area contributed by atoms with Crippen LogP contribution in [-0.2, 0) is 21.4 Å². The molecule has 2 aliphatic rings. The lowest BCUT2D eigenvalue weighted by Crippen LogP contribution is -2.57. The Balaban J connectivity index is 1.63. The topological polar surface area (TPSA) is 106 Å². The SMILES string of the molecule is N#Cc1ccc(S(=O)(=O)N2CCC3C(=O)NCCCCCCN(Cc4ccncc4)C3C2)cc1. The Hall–Kier alpha value is -2.80. The minimum absolute atomic E-state index is 0.0158. The van der Waals surface area contributed by atoms with Crippen molar-refractivity contribution in [3.05, 3.63) is 59.9 Å². The molecule has 1 N–H and O–H groups in total. The number of hydrogen-bond donors (Lipinski definition) is 1. The molecule has 2 atom stereocenters. The minimum Gasteiger partial charge on any atom is -0.356 e. The zero-order valence-corrected chi connectivity index (χ0v) is 20.1. The van der Waals surface area contributed by atoms with Crippen LogP contribution in [0.3, 0.4) is 0 Å². The first-order valence-electron chi connectivity index (χ1n) is 11.9. The molecule has 3 heterocycles. The van der Waals surface area contributed by atoms with Crippen LogP contribution < -0.4 is 5.32 Å². The smallest absolute Gasteiger partial charge is 0.243 e. The van der Waals surface area contributed by atoms with E-state index >= 15 is 0 Å². The van der Waals surface area contributed by atoms with Gasteiger partial charge in [0.05, 0.1) is 22.4 Å². The van der Waals surface area contributed by atoms with Crippen molar-refractivity contribution in [1.82, 2.24) is 19.5 Å². The van der Waals surface area contributed by atoms with Gasteiger partial charge < -0.3 is 5.32 Å². The highest BCUT2D eigenvalue weighted by Gasteiger charge is 2.41. The Morgan fingerprint density at radius 2 is 1.76 bits per heavy atom. The first-order chi connectivity index (χ1) is 16.5. The van der Waals surface area contributed by atoms with Crippen molar-refractivity contribution in [3.8, 4) is 6.07 Å². The summed E-state index contributed by atoms with van der Waals surface area (Å²) in [5.74, 6) is -0.255. The van der Waals surface area contributed by atoms with Crippen LogP contribution in [0.4, 0.5) is 0 Å². The number of nitriles is 1. The number of piperidine rings is 1. The summed E-state index contributed by atoms with van der Waals surface area (Å²) in [6, 6.07) is 11.7. The number of rotatable bonds is 4. The van der Waals surface area contributed by atoms with Crippen LogP contribution in [0, 0.1) is 17.2 Å². The van der Waals surface area contributed by atoms with Gasteiger partial charge in [0, 0.05) is 44.6 Å². The van der Waals surface area contributed by atoms with E-state index in [1.54, 1.807) is 12.4 Å². The molecule has 0 radical (unpaired) electrons. The molecule has 0 bridgehead atoms. The van der Waals surface area contributed by atoms with Gasteiger partial charge in [-0.3, -0.25) is 14.7 Å². The lowest BCUT2D eigenvalue weighted by atomic mass is 9.90. The number of carbonyl (C=O) groups excluding carboxylic acids is 1. The van der Waals surface area contributed by atoms with Crippen LogP contribution in [0.15, 0.2) is 53.7 Å². The zero-order valence-electron chi connectivity index (χ0n) is 19.3. The molecule has 2 aliphatic heterocycles. The molecular weight excluding hydrogens is 450 g/mol. The summed E-state index contributed by atoms with van der Waals surface area (Å²) in [5, 5.41) is 12.1. The zero-order chi connectivity index (χ0) is 24.0. The van der Waals surface area contributed by atoms with Gasteiger partial charge in [-0.05, 0) is 67.8 Å². The van der Waals surface area contributed by atoms with Crippen molar-refractivity contribution in [3.63, 3.8) is 0 Å². The van der Waals surface area contributed by atoms with Gasteiger partial charge in [0.15, 0.2) is 0 Å². The van der Waals surface area contributed by atoms with Gasteiger partial charge in [-0.25, -0.2) is 8.42 Å². The molecule has 4 rings (SSSR count). The van der Waals surface area contributed by atoms with Crippen LogP contribution >= 0.6 is 0 Å². The average molecular weight is 482 g/mol. The third kappa shape index (κ3) is 5.63. The Morgan fingerprint density at radius 1 is 1.03 bits per heavy atom. The van der Waals surface area contributed by atoms with Crippen LogP contribution in [0.25, 0.3) is 0 Å². The maximum Gasteiger partial charge on any atom is 0.243 e. The molecule has 0 saturated carbocycles. The summed E-state index contributed by atoms with van der Waals surface area (Å²) in [6.45, 7) is 2.66. The second-order valence-corrected chi connectivity index (χ2v) is 10.9. The van der Waals surface area contributed by atoms with Gasteiger partial charge in [0.25, 0.3) is 0 Å². The number of pyridine rings is 1. The standard InChI is InChI=1S/C25H31N5O3S/c26-17-20-5-7-22(8-6-20)34(32,33)30-16-11-23-24(19-30)29(18-21-9-13-27-14-10-21)15-4-2-1-3-12-28-25(23)31/h5-10,13-14,23-24H,1-4,11-12,15-16,18-19H2,(H,28,31). The van der Waals surface area contributed by atoms with E-state index in [1.165, 1.54) is 28.6 Å². The summed E-state index contributed by atoms with van der Waals surface area (Å²) in [7, 11) is -3.74. The van der Waals surface area contributed by atoms with Crippen molar-refractivity contribution in [2.75, 3.05) is 26.2 Å². The number of amides is 1. The first-order valence-corrected chi connectivity index (χ1v) is 13.3. The monoisotopic (exact) mass is 481 g/mol. The number of nitrogens with zero attached hydrogens (tertiary/aromatic N) is 4. The Labute approximate surface area is 201 Å². The summed E-state index contributed by atoms with van der Waals surface area (Å²) in [4.78, 5) is 19.7. The van der Waals surface area contributed by atoms with Crippen molar-refractivity contribution >= 4 is 15.9 Å². The molecule has 180 valence electrons. The molecule has 2 saturated heterocycles. The number of hydrogen-bond acceptors (Lipinski definition) is 6. The average Bonchev–Trinajstić information content (AvgIpc) is 2.90. The van der Waals surface area contributed by atoms with Gasteiger partial charge in [-0.1, -0.05) is 12.8 Å². The fourth-order valence-corrected chi connectivity index (χ4v) is 6.34. The second kappa shape index (κ2) is 11.1. The predicted molar refractivity (Wildman–Crippen MR) is 128 cm³/mol. The summed E-state index contributed by atoms with van der Waals surface area (Å²) < 4.78 is 28.4. The maximum atomic E-state index is 13.5. The molecule has 1 aromatic carbocycles. The highest BCUT2D eigenvalue weighted by atomic mass is 32.2. The summed E-state index contributed by atoms with van der Waals surface area (Å²) in [6.07, 6.45) is 8.10. The number of fused-ring (bicyclic) bond motifs is 1. The second-order valence-electron chi connectivity index (χ2n) is 8.99. The molecule has 34 heavy (non-hydrogen) atoms. The largest absolute Gasteiger partial charge is 0.356 e. The van der Waals surface area contributed by atoms with Gasteiger partial charge in [-0.15, -0.1) is 0 Å². The van der Waals surface area contributed by atoms with E-state index in [2.05, 4.69) is 15.2 Å². The third-order valence-electron chi connectivity index (χ3n) is 6.78. The molecule has 2 unspecified atom stereocenters. The molecule has 0 spiro atoms. The number of sulfonamides is 1. The van der Waals surface area contributed by atoms with Crippen LogP contribution in [-0.4, -0.2) is 60.7 Å². The fourth-order valence-electron chi connectivity index (χ4n) is 4.87. The van der Waals surface area contributed by atoms with Crippen LogP contribution in [0.5, 0.6) is 0 Å². The van der Waals surface area contributed by atoms with Crippen LogP contribution in [0.1, 0.15) is 43.2 Å². The molecule has 0 aliphatic carbocycles. The van der Waals surface area contributed by atoms with Crippen LogP contribution in [0.2, 0.25) is 0 Å². The van der Waals surface area contributed by atoms with Crippen molar-refractivity contribution in [2.45, 2.75) is 49.6 Å². The Morgan fingerprint density at radius 3 is 2.50 bits per heavy atom. The van der Waals surface area contributed by atoms with Crippen molar-refractivity contribution in [2.24, 2.45) is 5.92 Å². The van der Waals surface area contributed by atoms with E-state index in [0.29, 0.717) is 31.6 Å². The third-order valence-corrected chi connectivity index (χ3v) is 8.66. The quantitative estimate of drug-likeness (QED) is 0.719. The van der Waals surface area contributed by atoms with E-state index in [4.69, 9.17) is 5.26 Å². The number of carbonyl (C=O) groups is 1. The van der Waals surface area contributed by atoms with Gasteiger partial charge in [-0.2, -0.15) is 9.57 Å². The molecule has 1 aromatic heterocycles. The predicted octanol–water partition coefficient (Wildman–Crippen LogP) is 2.52. The minimum atomic E-state index is -3.74. The maximum absolute atomic E-state index is 13.5. The molecule has 2 aromatic rings.